The highest BCUT2D eigenvalue weighted by atomic mass is 16.2. The van der Waals surface area contributed by atoms with Gasteiger partial charge in [0.25, 0.3) is 0 Å². The third kappa shape index (κ3) is 2.65. The van der Waals surface area contributed by atoms with E-state index >= 15 is 0 Å². The minimum absolute atomic E-state index is 0.113. The van der Waals surface area contributed by atoms with E-state index in [-0.39, 0.29) is 12.5 Å². The molecule has 96 valence electrons. The molecule has 2 rings (SSSR count). The van der Waals surface area contributed by atoms with Gasteiger partial charge in [-0.3, -0.25) is 4.79 Å². The summed E-state index contributed by atoms with van der Waals surface area (Å²) >= 11 is 0. The number of fused-ring (bicyclic) bond motifs is 1. The van der Waals surface area contributed by atoms with Gasteiger partial charge in [0.2, 0.25) is 5.91 Å². The molecular formula is C10H14N6O2. The molecule has 0 aromatic carbocycles. The second-order valence-electron chi connectivity index (χ2n) is 3.72. The molecule has 0 atom stereocenters. The molecule has 2 aromatic rings. The number of nitrogens with zero attached hydrogens (tertiary/aromatic N) is 3. The zero-order chi connectivity index (χ0) is 13.0. The molecule has 0 unspecified atom stereocenters. The summed E-state index contributed by atoms with van der Waals surface area (Å²) in [7, 11) is 0. The molecule has 2 aromatic heterocycles. The quantitative estimate of drug-likeness (QED) is 0.654. The number of aromatic nitrogens is 4. The molecule has 0 aliphatic rings. The molecule has 3 N–H and O–H groups in total. The number of carbonyl (C=O) groups excluding carboxylic acids is 1. The maximum absolute atomic E-state index is 11.4. The van der Waals surface area contributed by atoms with Gasteiger partial charge < -0.3 is 10.6 Å². The van der Waals surface area contributed by atoms with E-state index in [9.17, 15) is 9.59 Å². The number of H-pyrrole nitrogens is 1. The Labute approximate surface area is 102 Å². The number of nitrogens with one attached hydrogen (secondary N) is 3. The van der Waals surface area contributed by atoms with Gasteiger partial charge in [-0.05, 0) is 18.6 Å². The van der Waals surface area contributed by atoms with Gasteiger partial charge in [-0.1, -0.05) is 6.92 Å². The number of hydrogen-bond donors (Lipinski definition) is 3. The summed E-state index contributed by atoms with van der Waals surface area (Å²) in [5, 5.41) is 15.6. The van der Waals surface area contributed by atoms with E-state index in [0.717, 1.165) is 10.9 Å². The third-order valence-electron chi connectivity index (χ3n) is 2.28. The van der Waals surface area contributed by atoms with E-state index in [1.165, 1.54) is 0 Å². The maximum Gasteiger partial charge on any atom is 0.364 e. The minimum Gasteiger partial charge on any atom is -0.360 e. The Morgan fingerprint density at radius 3 is 3.11 bits per heavy atom. The van der Waals surface area contributed by atoms with Crippen molar-refractivity contribution in [3.05, 3.63) is 22.6 Å². The van der Waals surface area contributed by atoms with Gasteiger partial charge >= 0.3 is 5.69 Å². The van der Waals surface area contributed by atoms with Crippen molar-refractivity contribution in [3.63, 3.8) is 0 Å². The molecule has 0 fully saturated rings. The lowest BCUT2D eigenvalue weighted by molar-refractivity contribution is -0.119. The fourth-order valence-electron chi connectivity index (χ4n) is 1.39. The van der Waals surface area contributed by atoms with Crippen LogP contribution in [0, 0.1) is 0 Å². The van der Waals surface area contributed by atoms with Crippen LogP contribution < -0.4 is 16.3 Å². The first kappa shape index (κ1) is 12.1. The van der Waals surface area contributed by atoms with Crippen molar-refractivity contribution in [1.29, 1.82) is 0 Å². The van der Waals surface area contributed by atoms with Crippen molar-refractivity contribution >= 4 is 17.4 Å². The first-order valence-electron chi connectivity index (χ1n) is 5.65. The number of aromatic amines is 1. The van der Waals surface area contributed by atoms with Crippen LogP contribution in [0.3, 0.4) is 0 Å². The lowest BCUT2D eigenvalue weighted by atomic mass is 10.4. The van der Waals surface area contributed by atoms with Crippen LogP contribution in [0.4, 0.5) is 5.82 Å². The van der Waals surface area contributed by atoms with Crippen molar-refractivity contribution in [3.8, 4) is 0 Å². The lowest BCUT2D eigenvalue weighted by Crippen LogP contribution is -2.30. The molecule has 0 saturated carbocycles. The number of anilines is 1. The van der Waals surface area contributed by atoms with Gasteiger partial charge in [0.15, 0.2) is 5.65 Å². The summed E-state index contributed by atoms with van der Waals surface area (Å²) in [6, 6.07) is 3.29. The summed E-state index contributed by atoms with van der Waals surface area (Å²) in [5.41, 5.74) is 0.0186. The topological polar surface area (TPSA) is 104 Å². The fraction of sp³-hybridized carbons (Fsp3) is 0.400. The van der Waals surface area contributed by atoms with Crippen LogP contribution in [-0.2, 0) is 4.79 Å². The van der Waals surface area contributed by atoms with Gasteiger partial charge in [0, 0.05) is 6.54 Å². The average molecular weight is 250 g/mol. The molecule has 0 saturated heterocycles. The van der Waals surface area contributed by atoms with Crippen molar-refractivity contribution in [2.75, 3.05) is 18.4 Å². The van der Waals surface area contributed by atoms with E-state index in [1.54, 1.807) is 12.1 Å². The SMILES string of the molecule is CCCNC(=O)CNc1ccc2n[nH]c(=O)n2n1. The second kappa shape index (κ2) is 5.30. The Morgan fingerprint density at radius 1 is 1.50 bits per heavy atom. The predicted octanol–water partition coefficient (Wildman–Crippen LogP) is -0.644. The smallest absolute Gasteiger partial charge is 0.360 e. The van der Waals surface area contributed by atoms with Crippen molar-refractivity contribution in [2.45, 2.75) is 13.3 Å². The summed E-state index contributed by atoms with van der Waals surface area (Å²) in [6.45, 7) is 2.74. The molecular weight excluding hydrogens is 236 g/mol. The van der Waals surface area contributed by atoms with E-state index in [0.29, 0.717) is 18.0 Å². The Morgan fingerprint density at radius 2 is 2.33 bits per heavy atom. The molecule has 0 bridgehead atoms. The molecule has 0 radical (unpaired) electrons. The molecule has 2 heterocycles. The van der Waals surface area contributed by atoms with Gasteiger partial charge in [-0.15, -0.1) is 5.10 Å². The van der Waals surface area contributed by atoms with Gasteiger partial charge in [-0.25, -0.2) is 9.89 Å². The van der Waals surface area contributed by atoms with E-state index in [4.69, 9.17) is 0 Å². The molecule has 0 spiro atoms. The number of amides is 1. The third-order valence-corrected chi connectivity index (χ3v) is 2.28. The first-order chi connectivity index (χ1) is 8.70. The molecule has 0 aliphatic heterocycles. The highest BCUT2D eigenvalue weighted by molar-refractivity contribution is 5.80. The Kier molecular flexibility index (Phi) is 3.56. The normalized spacial score (nSPS) is 10.5. The average Bonchev–Trinajstić information content (AvgIpc) is 2.75. The zero-order valence-corrected chi connectivity index (χ0v) is 9.93. The minimum atomic E-state index is -0.413. The van der Waals surface area contributed by atoms with Crippen LogP contribution in [0.15, 0.2) is 16.9 Å². The van der Waals surface area contributed by atoms with Crippen LogP contribution in [0.1, 0.15) is 13.3 Å². The highest BCUT2D eigenvalue weighted by Crippen LogP contribution is 2.01. The summed E-state index contributed by atoms with van der Waals surface area (Å²) < 4.78 is 1.13. The first-order valence-corrected chi connectivity index (χ1v) is 5.65. The lowest BCUT2D eigenvalue weighted by Gasteiger charge is -2.05. The molecule has 8 nitrogen and oxygen atoms in total. The highest BCUT2D eigenvalue weighted by Gasteiger charge is 2.04. The summed E-state index contributed by atoms with van der Waals surface area (Å²) in [6.07, 6.45) is 0.889. The van der Waals surface area contributed by atoms with Crippen LogP contribution in [-0.4, -0.2) is 38.8 Å². The Hall–Kier alpha value is -2.38. The second-order valence-corrected chi connectivity index (χ2v) is 3.72. The largest absolute Gasteiger partial charge is 0.364 e. The number of rotatable bonds is 5. The number of hydrogen-bond acceptors (Lipinski definition) is 5. The van der Waals surface area contributed by atoms with Crippen LogP contribution in [0.25, 0.3) is 5.65 Å². The van der Waals surface area contributed by atoms with E-state index < -0.39 is 5.69 Å². The van der Waals surface area contributed by atoms with Crippen LogP contribution in [0.5, 0.6) is 0 Å². The van der Waals surface area contributed by atoms with Gasteiger partial charge in [0.1, 0.15) is 5.82 Å². The number of carbonyl (C=O) groups is 1. The molecule has 0 aliphatic carbocycles. The van der Waals surface area contributed by atoms with Crippen molar-refractivity contribution < 1.29 is 4.79 Å². The Bertz CT molecular complexity index is 602. The summed E-state index contributed by atoms with van der Waals surface area (Å²) in [5.74, 6) is 0.330. The zero-order valence-electron chi connectivity index (χ0n) is 9.93. The van der Waals surface area contributed by atoms with E-state index in [1.807, 2.05) is 6.92 Å². The van der Waals surface area contributed by atoms with Crippen molar-refractivity contribution in [2.24, 2.45) is 0 Å². The van der Waals surface area contributed by atoms with E-state index in [2.05, 4.69) is 25.9 Å². The monoisotopic (exact) mass is 250 g/mol. The maximum atomic E-state index is 11.4. The van der Waals surface area contributed by atoms with Crippen LogP contribution >= 0.6 is 0 Å². The summed E-state index contributed by atoms with van der Waals surface area (Å²) in [4.78, 5) is 22.7. The standard InChI is InChI=1S/C10H14N6O2/c1-2-5-11-9(17)6-12-7-3-4-8-13-14-10(18)16(8)15-7/h3-4H,2,5-6H2,1H3,(H,11,17)(H,12,15)(H,14,18). The molecule has 18 heavy (non-hydrogen) atoms. The van der Waals surface area contributed by atoms with Gasteiger partial charge in [0.05, 0.1) is 6.54 Å². The molecule has 1 amide bonds. The Balaban J connectivity index is 2.01. The molecule has 8 heteroatoms. The van der Waals surface area contributed by atoms with Gasteiger partial charge in [-0.2, -0.15) is 9.61 Å². The fourth-order valence-corrected chi connectivity index (χ4v) is 1.39. The van der Waals surface area contributed by atoms with Crippen molar-refractivity contribution in [1.82, 2.24) is 25.1 Å². The van der Waals surface area contributed by atoms with Crippen LogP contribution in [0.2, 0.25) is 0 Å². The predicted molar refractivity (Wildman–Crippen MR) is 65.4 cm³/mol.